The van der Waals surface area contributed by atoms with E-state index in [2.05, 4.69) is 20.3 Å². The Morgan fingerprint density at radius 3 is 2.66 bits per heavy atom. The van der Waals surface area contributed by atoms with E-state index in [0.717, 1.165) is 16.8 Å². The fraction of sp³-hybridized carbons (Fsp3) is 0.381. The molecule has 0 saturated heterocycles. The van der Waals surface area contributed by atoms with Gasteiger partial charge in [-0.15, -0.1) is 10.2 Å². The van der Waals surface area contributed by atoms with E-state index in [4.69, 9.17) is 9.26 Å². The maximum Gasteiger partial charge on any atom is 0.233 e. The molecule has 0 spiro atoms. The highest BCUT2D eigenvalue weighted by molar-refractivity contribution is 5.96. The van der Waals surface area contributed by atoms with Crippen LogP contribution >= 0.6 is 0 Å². The van der Waals surface area contributed by atoms with Gasteiger partial charge in [0, 0.05) is 29.4 Å². The molecule has 0 aromatic carbocycles. The molecule has 1 aliphatic rings. The van der Waals surface area contributed by atoms with Crippen molar-refractivity contribution in [2.45, 2.75) is 45.8 Å². The molecule has 8 nitrogen and oxygen atoms in total. The first-order valence-electron chi connectivity index (χ1n) is 9.44. The van der Waals surface area contributed by atoms with Crippen molar-refractivity contribution in [2.24, 2.45) is 5.92 Å². The number of aromatic nitrogens is 4. The van der Waals surface area contributed by atoms with E-state index in [1.165, 1.54) is 0 Å². The maximum absolute atomic E-state index is 12.4. The minimum Gasteiger partial charge on any atom is -0.472 e. The number of hydrogen-bond acceptors (Lipinski definition) is 8. The highest BCUT2D eigenvalue weighted by atomic mass is 16.5. The Morgan fingerprint density at radius 1 is 1.24 bits per heavy atom. The normalized spacial score (nSPS) is 20.9. The number of aliphatic hydroxyl groups is 1. The standard InChI is InChI=1S/C21H22N4O4/c1-12-4-5-14(10-22-12)19-16(13(2)29-25-19)11-28-18-7-6-17(23-24-18)20(26)15-8-21(3,27)9-15/h4-7,10,15,27H,8-9,11H2,1-3H3. The number of rotatable bonds is 6. The van der Waals surface area contributed by atoms with Crippen molar-refractivity contribution < 1.29 is 19.2 Å². The van der Waals surface area contributed by atoms with Crippen LogP contribution in [0.5, 0.6) is 5.88 Å². The number of ketones is 1. The van der Waals surface area contributed by atoms with Gasteiger partial charge in [-0.25, -0.2) is 0 Å². The van der Waals surface area contributed by atoms with Crippen LogP contribution < -0.4 is 4.74 Å². The lowest BCUT2D eigenvalue weighted by molar-refractivity contribution is -0.0469. The van der Waals surface area contributed by atoms with Gasteiger partial charge < -0.3 is 14.4 Å². The third-order valence-electron chi connectivity index (χ3n) is 5.17. The molecule has 0 radical (unpaired) electrons. The van der Waals surface area contributed by atoms with Gasteiger partial charge in [-0.05, 0) is 51.8 Å². The van der Waals surface area contributed by atoms with Crippen molar-refractivity contribution in [1.29, 1.82) is 0 Å². The SMILES string of the molecule is Cc1ccc(-c2noc(C)c2COc2ccc(C(=O)C3CC(C)(O)C3)nn2)cn1. The predicted molar refractivity (Wildman–Crippen MR) is 103 cm³/mol. The van der Waals surface area contributed by atoms with Crippen molar-refractivity contribution in [3.8, 4) is 17.1 Å². The second-order valence-electron chi connectivity index (χ2n) is 7.77. The van der Waals surface area contributed by atoms with Crippen molar-refractivity contribution in [1.82, 2.24) is 20.3 Å². The monoisotopic (exact) mass is 394 g/mol. The first kappa shape index (κ1) is 19.2. The predicted octanol–water partition coefficient (Wildman–Crippen LogP) is 3.07. The van der Waals surface area contributed by atoms with Gasteiger partial charge in [0.25, 0.3) is 0 Å². The van der Waals surface area contributed by atoms with Crippen molar-refractivity contribution >= 4 is 5.78 Å². The van der Waals surface area contributed by atoms with Crippen LogP contribution in [0.3, 0.4) is 0 Å². The molecule has 150 valence electrons. The minimum absolute atomic E-state index is 0.0976. The van der Waals surface area contributed by atoms with Gasteiger partial charge in [0.2, 0.25) is 5.88 Å². The van der Waals surface area contributed by atoms with E-state index >= 15 is 0 Å². The highest BCUT2D eigenvalue weighted by Crippen LogP contribution is 2.38. The van der Waals surface area contributed by atoms with Gasteiger partial charge >= 0.3 is 0 Å². The summed E-state index contributed by atoms with van der Waals surface area (Å²) in [5.41, 5.74) is 2.76. The second kappa shape index (κ2) is 7.36. The average Bonchev–Trinajstić information content (AvgIpc) is 3.05. The summed E-state index contributed by atoms with van der Waals surface area (Å²) in [7, 11) is 0. The molecule has 3 aromatic heterocycles. The molecule has 0 aliphatic heterocycles. The lowest BCUT2D eigenvalue weighted by Gasteiger charge is -2.39. The summed E-state index contributed by atoms with van der Waals surface area (Å²) >= 11 is 0. The first-order valence-corrected chi connectivity index (χ1v) is 9.44. The fourth-order valence-corrected chi connectivity index (χ4v) is 3.47. The summed E-state index contributed by atoms with van der Waals surface area (Å²) in [5, 5.41) is 21.9. The Kier molecular flexibility index (Phi) is 4.87. The highest BCUT2D eigenvalue weighted by Gasteiger charge is 2.43. The Morgan fingerprint density at radius 2 is 2.03 bits per heavy atom. The molecular weight excluding hydrogens is 372 g/mol. The lowest BCUT2D eigenvalue weighted by atomic mass is 9.70. The molecule has 4 rings (SSSR count). The number of ether oxygens (including phenoxy) is 1. The number of aryl methyl sites for hydroxylation is 2. The van der Waals surface area contributed by atoms with Gasteiger partial charge in [-0.2, -0.15) is 0 Å². The molecule has 29 heavy (non-hydrogen) atoms. The smallest absolute Gasteiger partial charge is 0.233 e. The fourth-order valence-electron chi connectivity index (χ4n) is 3.47. The molecule has 1 fully saturated rings. The third-order valence-corrected chi connectivity index (χ3v) is 5.17. The van der Waals surface area contributed by atoms with E-state index in [0.29, 0.717) is 30.2 Å². The van der Waals surface area contributed by atoms with Gasteiger partial charge in [0.15, 0.2) is 5.78 Å². The van der Waals surface area contributed by atoms with Crippen LogP contribution in [0, 0.1) is 19.8 Å². The van der Waals surface area contributed by atoms with E-state index in [1.807, 2.05) is 26.0 Å². The molecule has 0 bridgehead atoms. The van der Waals surface area contributed by atoms with Crippen LogP contribution in [0.2, 0.25) is 0 Å². The number of hydrogen-bond donors (Lipinski definition) is 1. The summed E-state index contributed by atoms with van der Waals surface area (Å²) in [6.07, 6.45) is 2.65. The summed E-state index contributed by atoms with van der Waals surface area (Å²) in [6.45, 7) is 5.67. The largest absolute Gasteiger partial charge is 0.472 e. The van der Waals surface area contributed by atoms with Gasteiger partial charge in [-0.1, -0.05) is 5.16 Å². The molecule has 3 aromatic rings. The van der Waals surface area contributed by atoms with Gasteiger partial charge in [0.05, 0.1) is 11.2 Å². The molecule has 3 heterocycles. The molecule has 0 amide bonds. The van der Waals surface area contributed by atoms with E-state index in [9.17, 15) is 9.90 Å². The number of carbonyl (C=O) groups excluding carboxylic acids is 1. The van der Waals surface area contributed by atoms with Crippen LogP contribution in [0.15, 0.2) is 35.0 Å². The number of carbonyl (C=O) groups is 1. The van der Waals surface area contributed by atoms with Crippen molar-refractivity contribution in [3.05, 3.63) is 53.2 Å². The number of Topliss-reactive ketones (excluding diaryl/α,β-unsaturated/α-hetero) is 1. The van der Waals surface area contributed by atoms with Crippen LogP contribution in [0.4, 0.5) is 0 Å². The quantitative estimate of drug-likeness (QED) is 0.635. The summed E-state index contributed by atoms with van der Waals surface area (Å²) in [4.78, 5) is 16.7. The summed E-state index contributed by atoms with van der Waals surface area (Å²) < 4.78 is 11.1. The zero-order valence-electron chi connectivity index (χ0n) is 16.5. The molecule has 0 unspecified atom stereocenters. The summed E-state index contributed by atoms with van der Waals surface area (Å²) in [6, 6.07) is 7.06. The Hall–Kier alpha value is -3.13. The van der Waals surface area contributed by atoms with E-state index < -0.39 is 5.60 Å². The van der Waals surface area contributed by atoms with Crippen LogP contribution in [-0.2, 0) is 6.61 Å². The van der Waals surface area contributed by atoms with Crippen LogP contribution in [0.25, 0.3) is 11.3 Å². The van der Waals surface area contributed by atoms with Crippen molar-refractivity contribution in [3.63, 3.8) is 0 Å². The van der Waals surface area contributed by atoms with Crippen LogP contribution in [-0.4, -0.2) is 36.8 Å². The van der Waals surface area contributed by atoms with E-state index in [-0.39, 0.29) is 24.0 Å². The zero-order valence-corrected chi connectivity index (χ0v) is 16.5. The molecule has 1 aliphatic carbocycles. The summed E-state index contributed by atoms with van der Waals surface area (Å²) in [5.74, 6) is 0.657. The Bertz CT molecular complexity index is 1020. The van der Waals surface area contributed by atoms with Crippen LogP contribution in [0.1, 0.15) is 47.3 Å². The number of pyridine rings is 1. The Labute approximate surface area is 167 Å². The zero-order chi connectivity index (χ0) is 20.6. The van der Waals surface area contributed by atoms with Gasteiger partial charge in [0.1, 0.15) is 23.8 Å². The van der Waals surface area contributed by atoms with E-state index in [1.54, 1.807) is 25.3 Å². The third kappa shape index (κ3) is 4.02. The Balaban J connectivity index is 1.43. The minimum atomic E-state index is -0.752. The molecular formula is C21H22N4O4. The second-order valence-corrected chi connectivity index (χ2v) is 7.77. The maximum atomic E-state index is 12.4. The van der Waals surface area contributed by atoms with Gasteiger partial charge in [-0.3, -0.25) is 9.78 Å². The lowest BCUT2D eigenvalue weighted by Crippen LogP contribution is -2.44. The molecule has 0 atom stereocenters. The molecule has 1 saturated carbocycles. The van der Waals surface area contributed by atoms with Crippen molar-refractivity contribution in [2.75, 3.05) is 0 Å². The topological polar surface area (TPSA) is 111 Å². The average molecular weight is 394 g/mol. The molecule has 8 heteroatoms. The number of nitrogens with zero attached hydrogens (tertiary/aromatic N) is 4. The molecule has 1 N–H and O–H groups in total. The first-order chi connectivity index (χ1) is 13.8.